The number of hydrogen-bond donors (Lipinski definition) is 3. The second-order valence-electron chi connectivity index (χ2n) is 7.54. The SMILES string of the molecule is OCC1O[C@@H](c2ccc(Cl)c(Cc3cc4c(s3)CCCC4)c2)CC(O)[C@@H]1O. The third-order valence-corrected chi connectivity index (χ3v) is 7.21. The molecule has 1 fully saturated rings. The monoisotopic (exact) mass is 408 g/mol. The molecule has 2 aromatic rings. The van der Waals surface area contributed by atoms with Gasteiger partial charge in [-0.05, 0) is 54.5 Å². The number of fused-ring (bicyclic) bond motifs is 1. The maximum Gasteiger partial charge on any atom is 0.110 e. The van der Waals surface area contributed by atoms with Crippen LogP contribution in [0, 0.1) is 0 Å². The Morgan fingerprint density at radius 2 is 1.96 bits per heavy atom. The fraction of sp³-hybridized carbons (Fsp3) is 0.524. The lowest BCUT2D eigenvalue weighted by Gasteiger charge is -2.36. The predicted molar refractivity (Wildman–Crippen MR) is 107 cm³/mol. The number of benzene rings is 1. The molecular weight excluding hydrogens is 384 g/mol. The zero-order valence-corrected chi connectivity index (χ0v) is 16.7. The minimum atomic E-state index is -1.06. The molecule has 4 nitrogen and oxygen atoms in total. The standard InChI is InChI=1S/C21H25ClO4S/c22-16-6-5-12(18-10-17(24)21(25)19(11-23)26-18)7-14(16)9-15-8-13-3-1-2-4-20(13)27-15/h5-8,17-19,21,23-25H,1-4,9-11H2/t17?,18-,19?,21+/m1/s1. The van der Waals surface area contributed by atoms with E-state index in [4.69, 9.17) is 16.3 Å². The van der Waals surface area contributed by atoms with Crippen molar-refractivity contribution in [2.24, 2.45) is 0 Å². The maximum absolute atomic E-state index is 10.1. The molecule has 2 unspecified atom stereocenters. The zero-order chi connectivity index (χ0) is 19.0. The lowest BCUT2D eigenvalue weighted by Crippen LogP contribution is -2.47. The molecule has 0 radical (unpaired) electrons. The second kappa shape index (κ2) is 8.19. The Hall–Kier alpha value is -0.950. The zero-order valence-electron chi connectivity index (χ0n) is 15.1. The molecule has 3 N–H and O–H groups in total. The average molecular weight is 409 g/mol. The molecule has 0 spiro atoms. The smallest absolute Gasteiger partial charge is 0.110 e. The maximum atomic E-state index is 10.1. The van der Waals surface area contributed by atoms with E-state index in [2.05, 4.69) is 6.07 Å². The molecule has 2 heterocycles. The van der Waals surface area contributed by atoms with Gasteiger partial charge in [0, 0.05) is 27.6 Å². The summed E-state index contributed by atoms with van der Waals surface area (Å²) in [6.45, 7) is -0.323. The number of aliphatic hydroxyl groups is 3. The fourth-order valence-corrected chi connectivity index (χ4v) is 5.54. The molecule has 4 atom stereocenters. The third-order valence-electron chi connectivity index (χ3n) is 5.60. The van der Waals surface area contributed by atoms with Crippen LogP contribution in [0.2, 0.25) is 5.02 Å². The number of rotatable bonds is 4. The molecule has 0 saturated carbocycles. The topological polar surface area (TPSA) is 69.9 Å². The van der Waals surface area contributed by atoms with Gasteiger partial charge in [-0.25, -0.2) is 0 Å². The fourth-order valence-electron chi connectivity index (χ4n) is 4.08. The van der Waals surface area contributed by atoms with Crippen LogP contribution in [-0.4, -0.2) is 40.2 Å². The lowest BCUT2D eigenvalue weighted by atomic mass is 9.93. The lowest BCUT2D eigenvalue weighted by molar-refractivity contribution is -0.181. The van der Waals surface area contributed by atoms with E-state index in [1.54, 1.807) is 0 Å². The van der Waals surface area contributed by atoms with Crippen LogP contribution in [0.1, 0.15) is 51.8 Å². The highest BCUT2D eigenvalue weighted by Gasteiger charge is 2.37. The summed E-state index contributed by atoms with van der Waals surface area (Å²) in [5.41, 5.74) is 3.45. The summed E-state index contributed by atoms with van der Waals surface area (Å²) < 4.78 is 5.82. The summed E-state index contributed by atoms with van der Waals surface area (Å²) in [7, 11) is 0. The summed E-state index contributed by atoms with van der Waals surface area (Å²) in [6, 6.07) is 8.12. The van der Waals surface area contributed by atoms with Crippen LogP contribution in [-0.2, 0) is 24.0 Å². The quantitative estimate of drug-likeness (QED) is 0.725. The Balaban J connectivity index is 1.55. The van der Waals surface area contributed by atoms with Crippen LogP contribution in [0.3, 0.4) is 0 Å². The summed E-state index contributed by atoms with van der Waals surface area (Å²) in [6.07, 6.45) is 2.89. The van der Waals surface area contributed by atoms with Crippen molar-refractivity contribution in [1.82, 2.24) is 0 Å². The van der Waals surface area contributed by atoms with Crippen molar-refractivity contribution >= 4 is 22.9 Å². The van der Waals surface area contributed by atoms with Gasteiger partial charge in [-0.3, -0.25) is 0 Å². The molecule has 1 aliphatic carbocycles. The van der Waals surface area contributed by atoms with E-state index in [0.717, 1.165) is 22.6 Å². The van der Waals surface area contributed by atoms with Crippen molar-refractivity contribution in [3.05, 3.63) is 55.7 Å². The normalized spacial score (nSPS) is 28.1. The van der Waals surface area contributed by atoms with Crippen molar-refractivity contribution in [3.8, 4) is 0 Å². The van der Waals surface area contributed by atoms with Crippen molar-refractivity contribution in [2.45, 2.75) is 62.9 Å². The minimum absolute atomic E-state index is 0.298. The molecule has 1 saturated heterocycles. The minimum Gasteiger partial charge on any atom is -0.394 e. The largest absolute Gasteiger partial charge is 0.394 e. The van der Waals surface area contributed by atoms with Crippen molar-refractivity contribution < 1.29 is 20.1 Å². The van der Waals surface area contributed by atoms with E-state index in [0.29, 0.717) is 6.42 Å². The molecule has 1 aromatic carbocycles. The van der Waals surface area contributed by atoms with E-state index in [-0.39, 0.29) is 12.7 Å². The van der Waals surface area contributed by atoms with Gasteiger partial charge in [-0.15, -0.1) is 11.3 Å². The molecule has 6 heteroatoms. The Kier molecular flexibility index (Phi) is 5.88. The second-order valence-corrected chi connectivity index (χ2v) is 9.16. The number of thiophene rings is 1. The molecule has 0 bridgehead atoms. The van der Waals surface area contributed by atoms with Gasteiger partial charge >= 0.3 is 0 Å². The summed E-state index contributed by atoms with van der Waals surface area (Å²) in [4.78, 5) is 2.84. The van der Waals surface area contributed by atoms with Crippen LogP contribution in [0.15, 0.2) is 24.3 Å². The molecule has 27 heavy (non-hydrogen) atoms. The van der Waals surface area contributed by atoms with E-state index in [9.17, 15) is 15.3 Å². The summed E-state index contributed by atoms with van der Waals surface area (Å²) in [5.74, 6) is 0. The van der Waals surface area contributed by atoms with Crippen LogP contribution < -0.4 is 0 Å². The number of aliphatic hydroxyl groups excluding tert-OH is 3. The van der Waals surface area contributed by atoms with Gasteiger partial charge in [0.25, 0.3) is 0 Å². The molecule has 1 aliphatic heterocycles. The number of aryl methyl sites for hydroxylation is 2. The Bertz CT molecular complexity index is 782. The molecule has 1 aromatic heterocycles. The van der Waals surface area contributed by atoms with Crippen molar-refractivity contribution in [1.29, 1.82) is 0 Å². The van der Waals surface area contributed by atoms with Crippen LogP contribution in [0.5, 0.6) is 0 Å². The average Bonchev–Trinajstić information content (AvgIpc) is 3.08. The highest BCUT2D eigenvalue weighted by Crippen LogP contribution is 2.36. The predicted octanol–water partition coefficient (Wildman–Crippen LogP) is 3.42. The number of hydrogen-bond acceptors (Lipinski definition) is 5. The van der Waals surface area contributed by atoms with E-state index in [1.165, 1.54) is 41.0 Å². The summed E-state index contributed by atoms with van der Waals surface area (Å²) in [5, 5.41) is 30.1. The van der Waals surface area contributed by atoms with Gasteiger partial charge in [0.1, 0.15) is 12.2 Å². The highest BCUT2D eigenvalue weighted by molar-refractivity contribution is 7.12. The molecule has 0 amide bonds. The van der Waals surface area contributed by atoms with Crippen molar-refractivity contribution in [3.63, 3.8) is 0 Å². The molecule has 4 rings (SSSR count). The van der Waals surface area contributed by atoms with E-state index in [1.807, 2.05) is 29.5 Å². The Morgan fingerprint density at radius 1 is 1.15 bits per heavy atom. The van der Waals surface area contributed by atoms with Gasteiger partial charge in [0.2, 0.25) is 0 Å². The first-order chi connectivity index (χ1) is 13.0. The third kappa shape index (κ3) is 4.09. The first kappa shape index (κ1) is 19.4. The Labute approximate surface area is 168 Å². The van der Waals surface area contributed by atoms with Crippen LogP contribution in [0.25, 0.3) is 0 Å². The van der Waals surface area contributed by atoms with Crippen LogP contribution in [0.4, 0.5) is 0 Å². The molecule has 2 aliphatic rings. The first-order valence-corrected chi connectivity index (χ1v) is 10.8. The molecular formula is C21H25ClO4S. The van der Waals surface area contributed by atoms with Gasteiger partial charge in [-0.1, -0.05) is 23.7 Å². The first-order valence-electron chi connectivity index (χ1n) is 9.56. The Morgan fingerprint density at radius 3 is 2.74 bits per heavy atom. The van der Waals surface area contributed by atoms with Crippen molar-refractivity contribution in [2.75, 3.05) is 6.61 Å². The van der Waals surface area contributed by atoms with Crippen LogP contribution >= 0.6 is 22.9 Å². The number of ether oxygens (including phenoxy) is 1. The van der Waals surface area contributed by atoms with Gasteiger partial charge in [0.05, 0.1) is 18.8 Å². The summed E-state index contributed by atoms with van der Waals surface area (Å²) >= 11 is 8.34. The van der Waals surface area contributed by atoms with Gasteiger partial charge < -0.3 is 20.1 Å². The van der Waals surface area contributed by atoms with Gasteiger partial charge in [0.15, 0.2) is 0 Å². The molecule has 146 valence electrons. The van der Waals surface area contributed by atoms with E-state index < -0.39 is 18.3 Å². The van der Waals surface area contributed by atoms with Gasteiger partial charge in [-0.2, -0.15) is 0 Å². The highest BCUT2D eigenvalue weighted by atomic mass is 35.5. The number of halogens is 1. The van der Waals surface area contributed by atoms with E-state index >= 15 is 0 Å².